The van der Waals surface area contributed by atoms with Crippen LogP contribution in [0.15, 0.2) is 42.7 Å². The Bertz CT molecular complexity index is 686. The first-order valence-electron chi connectivity index (χ1n) is 7.12. The molecule has 1 heterocycles. The first-order chi connectivity index (χ1) is 11.1. The minimum Gasteiger partial charge on any atom is -0.497 e. The standard InChI is InChI=1S/C17H17ClN2O3/c1-23-15-4-2-12(3-5-15)6-7-20-17(22)16(21)9-13-8-14(18)11-19-10-13/h2-5,8,10-11H,6-7,9H2,1H3,(H,20,22). The predicted octanol–water partition coefficient (Wildman–Crippen LogP) is 2.21. The van der Waals surface area contributed by atoms with E-state index in [0.717, 1.165) is 11.3 Å². The van der Waals surface area contributed by atoms with Crippen LogP contribution in [0.2, 0.25) is 5.02 Å². The number of methoxy groups -OCH3 is 1. The summed E-state index contributed by atoms with van der Waals surface area (Å²) >= 11 is 5.80. The third kappa shape index (κ3) is 5.38. The highest BCUT2D eigenvalue weighted by Crippen LogP contribution is 2.11. The van der Waals surface area contributed by atoms with Gasteiger partial charge in [0.2, 0.25) is 5.78 Å². The van der Waals surface area contributed by atoms with E-state index in [-0.39, 0.29) is 6.42 Å². The Balaban J connectivity index is 1.78. The fourth-order valence-corrected chi connectivity index (χ4v) is 2.23. The van der Waals surface area contributed by atoms with Crippen LogP contribution in [-0.2, 0) is 22.4 Å². The predicted molar refractivity (Wildman–Crippen MR) is 87.7 cm³/mol. The van der Waals surface area contributed by atoms with E-state index in [2.05, 4.69) is 10.3 Å². The molecule has 0 spiro atoms. The Kier molecular flexibility index (Phi) is 6.11. The van der Waals surface area contributed by atoms with Crippen LogP contribution in [0.1, 0.15) is 11.1 Å². The summed E-state index contributed by atoms with van der Waals surface area (Å²) in [5, 5.41) is 3.06. The number of hydrogen-bond donors (Lipinski definition) is 1. The van der Waals surface area contributed by atoms with Crippen LogP contribution in [-0.4, -0.2) is 30.3 Å². The summed E-state index contributed by atoms with van der Waals surface area (Å²) in [6.07, 6.45) is 3.63. The summed E-state index contributed by atoms with van der Waals surface area (Å²) in [6, 6.07) is 9.18. The van der Waals surface area contributed by atoms with E-state index in [1.165, 1.54) is 12.4 Å². The summed E-state index contributed by atoms with van der Waals surface area (Å²) in [5.41, 5.74) is 1.67. The van der Waals surface area contributed by atoms with Crippen molar-refractivity contribution < 1.29 is 14.3 Å². The molecule has 0 aliphatic rings. The maximum Gasteiger partial charge on any atom is 0.287 e. The molecule has 1 N–H and O–H groups in total. The van der Waals surface area contributed by atoms with Crippen LogP contribution in [0.3, 0.4) is 0 Å². The number of rotatable bonds is 7. The molecule has 0 saturated heterocycles. The van der Waals surface area contributed by atoms with Gasteiger partial charge in [0.1, 0.15) is 5.75 Å². The molecule has 0 bridgehead atoms. The van der Waals surface area contributed by atoms with Crippen molar-refractivity contribution in [2.24, 2.45) is 0 Å². The van der Waals surface area contributed by atoms with Crippen molar-refractivity contribution in [2.45, 2.75) is 12.8 Å². The molecule has 2 aromatic rings. The van der Waals surface area contributed by atoms with E-state index in [1.54, 1.807) is 13.2 Å². The van der Waals surface area contributed by atoms with Gasteiger partial charge in [0.05, 0.1) is 12.1 Å². The Morgan fingerprint density at radius 3 is 2.57 bits per heavy atom. The number of benzene rings is 1. The number of aromatic nitrogens is 1. The molecule has 0 radical (unpaired) electrons. The van der Waals surface area contributed by atoms with Gasteiger partial charge >= 0.3 is 0 Å². The van der Waals surface area contributed by atoms with E-state index >= 15 is 0 Å². The molecule has 2 rings (SSSR count). The molecule has 1 aromatic heterocycles. The molecule has 0 saturated carbocycles. The first kappa shape index (κ1) is 17.0. The van der Waals surface area contributed by atoms with Crippen LogP contribution in [0.4, 0.5) is 0 Å². The van der Waals surface area contributed by atoms with E-state index in [9.17, 15) is 9.59 Å². The smallest absolute Gasteiger partial charge is 0.287 e. The Morgan fingerprint density at radius 1 is 1.17 bits per heavy atom. The summed E-state index contributed by atoms with van der Waals surface area (Å²) in [7, 11) is 1.61. The van der Waals surface area contributed by atoms with Gasteiger partial charge in [0, 0.05) is 25.4 Å². The zero-order valence-electron chi connectivity index (χ0n) is 12.7. The minimum atomic E-state index is -0.599. The molecule has 23 heavy (non-hydrogen) atoms. The lowest BCUT2D eigenvalue weighted by Gasteiger charge is -2.06. The highest BCUT2D eigenvalue weighted by Gasteiger charge is 2.14. The number of Topliss-reactive ketones (excluding diaryl/α,β-unsaturated/α-hetero) is 1. The van der Waals surface area contributed by atoms with Gasteiger partial charge in [-0.1, -0.05) is 23.7 Å². The lowest BCUT2D eigenvalue weighted by atomic mass is 10.1. The van der Waals surface area contributed by atoms with Crippen molar-refractivity contribution in [3.8, 4) is 5.75 Å². The van der Waals surface area contributed by atoms with Crippen molar-refractivity contribution in [1.29, 1.82) is 0 Å². The van der Waals surface area contributed by atoms with Gasteiger partial charge in [0.25, 0.3) is 5.91 Å². The number of pyridine rings is 1. The van der Waals surface area contributed by atoms with Crippen molar-refractivity contribution in [2.75, 3.05) is 13.7 Å². The quantitative estimate of drug-likeness (QED) is 0.789. The van der Waals surface area contributed by atoms with Gasteiger partial charge in [-0.3, -0.25) is 14.6 Å². The third-order valence-electron chi connectivity index (χ3n) is 3.24. The molecule has 0 unspecified atom stereocenters. The minimum absolute atomic E-state index is 0.0120. The summed E-state index contributed by atoms with van der Waals surface area (Å²) < 4.78 is 5.08. The molecule has 0 fully saturated rings. The molecular weight excluding hydrogens is 316 g/mol. The lowest BCUT2D eigenvalue weighted by molar-refractivity contribution is -0.137. The van der Waals surface area contributed by atoms with Gasteiger partial charge < -0.3 is 10.1 Å². The van der Waals surface area contributed by atoms with Crippen LogP contribution in [0.25, 0.3) is 0 Å². The largest absolute Gasteiger partial charge is 0.497 e. The molecule has 0 atom stereocenters. The molecule has 6 heteroatoms. The van der Waals surface area contributed by atoms with Gasteiger partial charge in [-0.25, -0.2) is 0 Å². The highest BCUT2D eigenvalue weighted by atomic mass is 35.5. The number of ether oxygens (including phenoxy) is 1. The number of ketones is 1. The molecule has 5 nitrogen and oxygen atoms in total. The number of carbonyl (C=O) groups excluding carboxylic acids is 2. The number of amides is 1. The molecule has 0 aliphatic carbocycles. The van der Waals surface area contributed by atoms with Gasteiger partial charge in [-0.2, -0.15) is 0 Å². The number of nitrogens with zero attached hydrogens (tertiary/aromatic N) is 1. The maximum atomic E-state index is 11.9. The first-order valence-corrected chi connectivity index (χ1v) is 7.49. The Labute approximate surface area is 139 Å². The van der Waals surface area contributed by atoms with Gasteiger partial charge in [-0.05, 0) is 35.7 Å². The molecular formula is C17H17ClN2O3. The van der Waals surface area contributed by atoms with Crippen molar-refractivity contribution >= 4 is 23.3 Å². The SMILES string of the molecule is COc1ccc(CCNC(=O)C(=O)Cc2cncc(Cl)c2)cc1. The van der Waals surface area contributed by atoms with E-state index in [1.807, 2.05) is 24.3 Å². The number of carbonyl (C=O) groups is 2. The van der Waals surface area contributed by atoms with Crippen LogP contribution in [0.5, 0.6) is 5.75 Å². The van der Waals surface area contributed by atoms with Crippen LogP contribution >= 0.6 is 11.6 Å². The average Bonchev–Trinajstić information content (AvgIpc) is 2.55. The van der Waals surface area contributed by atoms with Crippen molar-refractivity contribution in [1.82, 2.24) is 10.3 Å². The second kappa shape index (κ2) is 8.29. The molecule has 120 valence electrons. The number of halogens is 1. The number of nitrogens with one attached hydrogen (secondary N) is 1. The maximum absolute atomic E-state index is 11.9. The fraction of sp³-hybridized carbons (Fsp3) is 0.235. The van der Waals surface area contributed by atoms with Crippen molar-refractivity contribution in [3.05, 3.63) is 58.9 Å². The molecule has 0 aliphatic heterocycles. The normalized spacial score (nSPS) is 10.2. The van der Waals surface area contributed by atoms with Crippen molar-refractivity contribution in [3.63, 3.8) is 0 Å². The monoisotopic (exact) mass is 332 g/mol. The number of hydrogen-bond acceptors (Lipinski definition) is 4. The second-order valence-corrected chi connectivity index (χ2v) is 5.40. The van der Waals surface area contributed by atoms with E-state index in [0.29, 0.717) is 23.6 Å². The summed E-state index contributed by atoms with van der Waals surface area (Å²) in [5.74, 6) is -0.328. The third-order valence-corrected chi connectivity index (χ3v) is 3.44. The Morgan fingerprint density at radius 2 is 1.91 bits per heavy atom. The van der Waals surface area contributed by atoms with Crippen LogP contribution in [0, 0.1) is 0 Å². The fourth-order valence-electron chi connectivity index (χ4n) is 2.03. The summed E-state index contributed by atoms with van der Waals surface area (Å²) in [4.78, 5) is 27.5. The van der Waals surface area contributed by atoms with Gasteiger partial charge in [-0.15, -0.1) is 0 Å². The topological polar surface area (TPSA) is 68.3 Å². The zero-order chi connectivity index (χ0) is 16.7. The molecule has 1 aromatic carbocycles. The lowest BCUT2D eigenvalue weighted by Crippen LogP contribution is -2.33. The zero-order valence-corrected chi connectivity index (χ0v) is 13.5. The van der Waals surface area contributed by atoms with E-state index in [4.69, 9.17) is 16.3 Å². The Hall–Kier alpha value is -2.40. The summed E-state index contributed by atoms with van der Waals surface area (Å²) in [6.45, 7) is 0.394. The molecule has 1 amide bonds. The highest BCUT2D eigenvalue weighted by molar-refractivity contribution is 6.36. The second-order valence-electron chi connectivity index (χ2n) is 4.97. The average molecular weight is 333 g/mol. The van der Waals surface area contributed by atoms with Gasteiger partial charge in [0.15, 0.2) is 0 Å². The van der Waals surface area contributed by atoms with Crippen LogP contribution < -0.4 is 10.1 Å². The van der Waals surface area contributed by atoms with E-state index < -0.39 is 11.7 Å².